The van der Waals surface area contributed by atoms with E-state index in [2.05, 4.69) is 94.4 Å². The fourth-order valence-electron chi connectivity index (χ4n) is 13.0. The van der Waals surface area contributed by atoms with Crippen molar-refractivity contribution in [2.24, 2.45) is 5.92 Å². The third-order valence-electron chi connectivity index (χ3n) is 19.3. The largest absolute Gasteiger partial charge is 0.447 e. The monoisotopic (exact) mass is 1610 g/mol. The molecule has 0 bridgehead atoms. The Bertz CT molecular complexity index is 4000. The fourth-order valence-corrected chi connectivity index (χ4v) is 13.1. The van der Waals surface area contributed by atoms with Crippen LogP contribution < -0.4 is 64.2 Å². The quantitative estimate of drug-likeness (QED) is 0.0137. The molecule has 7 rings (SSSR count). The van der Waals surface area contributed by atoms with Crippen molar-refractivity contribution in [3.8, 4) is 0 Å². The van der Waals surface area contributed by atoms with Crippen LogP contribution in [0, 0.1) is 5.92 Å². The molecule has 1 aromatic heterocycles. The van der Waals surface area contributed by atoms with Crippen molar-refractivity contribution in [3.05, 3.63) is 177 Å². The number of rotatable bonds is 39. The predicted molar refractivity (Wildman–Crippen MR) is 417 cm³/mol. The van der Waals surface area contributed by atoms with E-state index in [1.807, 2.05) is 39.1 Å². The molecule has 14 N–H and O–H groups in total. The number of urea groups is 1. The molecule has 1 aliphatic heterocycles. The van der Waals surface area contributed by atoms with Gasteiger partial charge in [0.1, 0.15) is 60.4 Å². The smallest absolute Gasteiger partial charge is 0.245 e. The summed E-state index contributed by atoms with van der Waals surface area (Å²) in [5.74, 6) is -7.78. The van der Waals surface area contributed by atoms with E-state index in [1.165, 1.54) is 50.3 Å². The maximum Gasteiger partial charge on any atom is 0.245 e. The van der Waals surface area contributed by atoms with E-state index in [4.69, 9.17) is 23.1 Å². The van der Waals surface area contributed by atoms with Gasteiger partial charge in [-0.3, -0.25) is 62.5 Å². The zero-order valence-electron chi connectivity index (χ0n) is 64.1. The molecule has 10 atom stereocenters. The van der Waals surface area contributed by atoms with Crippen LogP contribution in [0.2, 0.25) is 5.02 Å². The molecule has 1 fully saturated rings. The van der Waals surface area contributed by atoms with Gasteiger partial charge in [0.2, 0.25) is 65.0 Å². The number of nitrogens with one attached hydrogen (secondary N) is 12. The van der Waals surface area contributed by atoms with Crippen LogP contribution in [0.5, 0.6) is 0 Å². The average Bonchev–Trinajstić information content (AvgIpc) is 1.57. The summed E-state index contributed by atoms with van der Waals surface area (Å²) in [6, 6.07) is 15.0. The Morgan fingerprint density at radius 3 is 1.55 bits per heavy atom. The van der Waals surface area contributed by atoms with Crippen molar-refractivity contribution >= 4 is 94.0 Å². The summed E-state index contributed by atoms with van der Waals surface area (Å²) in [4.78, 5) is 178. The number of aromatic nitrogens is 1. The normalized spacial score (nSPS) is 15.4. The number of nitrogen functional groups attached to an aromatic ring is 1. The molecule has 589 valence electrons. The van der Waals surface area contributed by atoms with Gasteiger partial charge in [-0.25, -0.2) is 0 Å². The van der Waals surface area contributed by atoms with Crippen LogP contribution in [-0.4, -0.2) is 179 Å². The summed E-state index contributed by atoms with van der Waals surface area (Å²) in [5.41, 5.74) is 19.3. The van der Waals surface area contributed by atoms with Crippen LogP contribution in [0.15, 0.2) is 128 Å². The van der Waals surface area contributed by atoms with Crippen molar-refractivity contribution < 1.29 is 90.2 Å². The number of benzene rings is 4. The van der Waals surface area contributed by atoms with E-state index < -0.39 is 131 Å². The number of hydrogen-bond donors (Lipinski definition) is 12. The van der Waals surface area contributed by atoms with Gasteiger partial charge in [0, 0.05) is 114 Å². The van der Waals surface area contributed by atoms with Gasteiger partial charge in [0.15, 0.2) is 6.03 Å². The van der Waals surface area contributed by atoms with Gasteiger partial charge in [-0.05, 0) is 173 Å². The van der Waals surface area contributed by atoms with Gasteiger partial charge in [-0.15, -0.1) is 0 Å². The molecule has 2 aliphatic rings. The predicted octanol–water partition coefficient (Wildman–Crippen LogP) is 5.17. The number of carbonyl (C=O) groups excluding carboxylic acids is 12. The number of amides is 13. The first-order chi connectivity index (χ1) is 52.0. The summed E-state index contributed by atoms with van der Waals surface area (Å²) in [6.45, 7) is 13.1. The number of anilines is 2. The first-order valence-electron chi connectivity index (χ1n) is 37.2. The number of fused-ring (bicyclic) bond motifs is 1. The number of halogens is 1. The van der Waals surface area contributed by atoms with Crippen LogP contribution in [0.1, 0.15) is 132 Å². The number of likely N-dealkylation sites (tertiary alicyclic amines) is 1. The number of allylic oxidation sites excluding steroid dienone is 2. The summed E-state index contributed by atoms with van der Waals surface area (Å²) < 4.78 is 0. The summed E-state index contributed by atoms with van der Waals surface area (Å²) in [5, 5.41) is 30.6. The Morgan fingerprint density at radius 1 is 0.573 bits per heavy atom. The van der Waals surface area contributed by atoms with E-state index in [0.29, 0.717) is 71.6 Å². The zero-order valence-corrected chi connectivity index (χ0v) is 67.7. The molecule has 0 spiro atoms. The molecule has 5 aromatic rings. The summed E-state index contributed by atoms with van der Waals surface area (Å²) >= 11 is 6.28. The van der Waals surface area contributed by atoms with Crippen LogP contribution >= 0.6 is 11.6 Å². The molecular weight excluding hydrogens is 1500 g/mol. The molecule has 1 radical (unpaired) electrons. The number of unbranched alkanes of at least 4 members (excludes halogenated alkanes) is 1. The van der Waals surface area contributed by atoms with Gasteiger partial charge < -0.3 is 79.8 Å². The van der Waals surface area contributed by atoms with E-state index in [-0.39, 0.29) is 108 Å². The first kappa shape index (κ1) is 89.3. The van der Waals surface area contributed by atoms with Crippen LogP contribution in [0.3, 0.4) is 0 Å². The van der Waals surface area contributed by atoms with Crippen molar-refractivity contribution in [1.82, 2.24) is 68.0 Å². The van der Waals surface area contributed by atoms with Crippen LogP contribution in [-0.2, 0) is 130 Å². The van der Waals surface area contributed by atoms with Crippen LogP contribution in [0.25, 0.3) is 5.73 Å². The Morgan fingerprint density at radius 2 is 1.05 bits per heavy atom. The van der Waals surface area contributed by atoms with E-state index in [0.717, 1.165) is 23.1 Å². The summed E-state index contributed by atoms with van der Waals surface area (Å²) in [7, 11) is 3.43. The Kier molecular flexibility index (Phi) is 35.9. The molecular formula is C80H106ClN16O12Y-. The molecule has 0 saturated carbocycles. The Balaban J connectivity index is 0.0000189. The van der Waals surface area contributed by atoms with Gasteiger partial charge in [-0.1, -0.05) is 117 Å². The number of nitrogens with zero attached hydrogens (tertiary/aromatic N) is 3. The SMILES string of the molecule is CC[C@H](NC(=O)[C@@H](Cc1cccnc1)NC(=O)[C@@H](Cc1ccc(Cl)cc1)NC(=O)[C@@H](Cc1ccc2c(c1)CC=CC2)NC(C)=O)C(=O)N[C@@H](Cc1ccc(N)cc1)C(=O)N[C@H](Cc1ccc(NC([NH-])=O)cc1)C(=O)N[C@@H](CC(C)C)C(=O)N[C@@H](CCCCN(C)C(C)C)C(=O)N1CCC[C@H]1C(=O)N[C@H](C)C(=O)NC.[Y]. The Labute approximate surface area is 674 Å². The topological polar surface area (TPSA) is 406 Å². The number of hydrogen-bond acceptors (Lipinski definition) is 15. The van der Waals surface area contributed by atoms with Gasteiger partial charge in [0.05, 0.1) is 0 Å². The molecule has 1 saturated heterocycles. The Hall–Kier alpha value is -9.64. The van der Waals surface area contributed by atoms with Crippen molar-refractivity contribution in [1.29, 1.82) is 0 Å². The van der Waals surface area contributed by atoms with Gasteiger partial charge >= 0.3 is 0 Å². The molecule has 2 heterocycles. The minimum absolute atomic E-state index is 0. The third kappa shape index (κ3) is 28.3. The van der Waals surface area contributed by atoms with Gasteiger partial charge in [0.25, 0.3) is 0 Å². The second-order valence-electron chi connectivity index (χ2n) is 28.7. The van der Waals surface area contributed by atoms with Crippen molar-refractivity contribution in [3.63, 3.8) is 0 Å². The zero-order chi connectivity index (χ0) is 79.4. The number of likely N-dealkylation sites (N-methyl/N-ethyl adjacent to an activating group) is 1. The molecule has 1 aliphatic carbocycles. The minimum Gasteiger partial charge on any atom is -0.447 e. The van der Waals surface area contributed by atoms with Crippen molar-refractivity contribution in [2.75, 3.05) is 38.2 Å². The van der Waals surface area contributed by atoms with E-state index >= 15 is 9.59 Å². The second-order valence-corrected chi connectivity index (χ2v) is 29.1. The van der Waals surface area contributed by atoms with Crippen LogP contribution in [0.4, 0.5) is 16.2 Å². The standard InChI is InChI=1S/C80H107ClN16O12.Y/c1-10-61(89-74(103)68(45-55-17-15-36-85-46-55)95-77(106)66(41-51-23-30-58(81)31-24-51)93-73(102)64(87-50(7)98)44-54-22-29-56-18-11-12-19-57(56)40-54)71(100)92-65(42-52-25-32-59(82)33-26-52)76(105)94-67(43-53-27-34-60(35-28-53)88-80(83)109)75(104)91-63(39-47(2)3)72(101)90-62(20-13-14-37-96(9)48(4)5)79(108)97-38-16-21-69(97)78(107)86-49(6)70(99)84-8;/h11-12,15,17,22-36,40,46-49,61-69H,10,13-14,16,18-21,37-39,41-45,82H2,1-9H3,(H13,83,84,86,87,88,89,90,91,92,93,94,95,98,99,100,101,102,103,104,105,106,107,109);/p-1/t49-,61+,62+,63+,64-,65+,66-,67-,68-,69+;/m1./s1. The first-order valence-corrected chi connectivity index (χ1v) is 37.6. The number of nitrogens with two attached hydrogens (primary N) is 1. The van der Waals surface area contributed by atoms with E-state index in [9.17, 15) is 47.9 Å². The minimum atomic E-state index is -1.51. The number of pyridine rings is 1. The van der Waals surface area contributed by atoms with Gasteiger partial charge in [-0.2, -0.15) is 0 Å². The molecule has 4 aromatic carbocycles. The average molecular weight is 1610 g/mol. The third-order valence-corrected chi connectivity index (χ3v) is 19.6. The maximum absolute atomic E-state index is 15.3. The second kappa shape index (κ2) is 44.3. The van der Waals surface area contributed by atoms with E-state index in [1.54, 1.807) is 79.7 Å². The molecule has 0 unspecified atom stereocenters. The molecule has 13 amide bonds. The van der Waals surface area contributed by atoms with Crippen molar-refractivity contribution in [2.45, 2.75) is 205 Å². The number of carbonyl (C=O) groups is 12. The fraction of sp³-hybridized carbons (Fsp3) is 0.463. The summed E-state index contributed by atoms with van der Waals surface area (Å²) in [6.07, 6.45) is 10.2. The molecule has 30 heteroatoms. The maximum atomic E-state index is 15.3. The molecule has 110 heavy (non-hydrogen) atoms. The molecule has 28 nitrogen and oxygen atoms in total.